The van der Waals surface area contributed by atoms with E-state index in [1.54, 1.807) is 11.8 Å². The second kappa shape index (κ2) is 3.89. The van der Waals surface area contributed by atoms with Crippen LogP contribution in [0, 0.1) is 0 Å². The van der Waals surface area contributed by atoms with Gasteiger partial charge in [0.2, 0.25) is 0 Å². The Balaban J connectivity index is 2.15. The smallest absolute Gasteiger partial charge is 0.307 e. The summed E-state index contributed by atoms with van der Waals surface area (Å²) in [5.74, 6) is -0.0894. The van der Waals surface area contributed by atoms with Crippen molar-refractivity contribution < 1.29 is 9.53 Å². The quantitative estimate of drug-likeness (QED) is 0.720. The number of cyclic esters (lactones) is 1. The van der Waals surface area contributed by atoms with Crippen molar-refractivity contribution >= 4 is 17.7 Å². The fourth-order valence-electron chi connectivity index (χ4n) is 1.67. The van der Waals surface area contributed by atoms with Crippen LogP contribution in [0.15, 0.2) is 35.2 Å². The molecule has 0 bridgehead atoms. The van der Waals surface area contributed by atoms with E-state index in [2.05, 4.69) is 19.1 Å². The van der Waals surface area contributed by atoms with E-state index >= 15 is 0 Å². The van der Waals surface area contributed by atoms with Crippen LogP contribution in [0.5, 0.6) is 0 Å². The van der Waals surface area contributed by atoms with E-state index in [-0.39, 0.29) is 16.8 Å². The first-order valence-corrected chi connectivity index (χ1v) is 5.85. The van der Waals surface area contributed by atoms with Crippen LogP contribution in [0.1, 0.15) is 20.3 Å². The molecule has 0 saturated carbocycles. The van der Waals surface area contributed by atoms with Crippen molar-refractivity contribution in [2.24, 2.45) is 0 Å². The van der Waals surface area contributed by atoms with Crippen LogP contribution >= 0.6 is 11.8 Å². The Kier molecular flexibility index (Phi) is 2.74. The summed E-state index contributed by atoms with van der Waals surface area (Å²) in [6.45, 7) is 4.04. The summed E-state index contributed by atoms with van der Waals surface area (Å²) in [6.07, 6.45) is 0.475. The van der Waals surface area contributed by atoms with E-state index < -0.39 is 0 Å². The van der Waals surface area contributed by atoms with Crippen molar-refractivity contribution in [1.29, 1.82) is 0 Å². The third kappa shape index (κ3) is 2.17. The molecule has 0 aromatic heterocycles. The standard InChI is InChI=1S/C12H14O2S/c1-9-12(2,8-11(13)14-9)15-10-6-4-3-5-7-10/h3-7,9H,8H2,1-2H3. The fraction of sp³-hybridized carbons (Fsp3) is 0.417. The molecule has 1 fully saturated rings. The number of carbonyl (C=O) groups is 1. The van der Waals surface area contributed by atoms with E-state index in [0.29, 0.717) is 6.42 Å². The molecule has 80 valence electrons. The number of thioether (sulfide) groups is 1. The normalized spacial score (nSPS) is 30.3. The zero-order valence-electron chi connectivity index (χ0n) is 8.90. The second-order valence-corrected chi connectivity index (χ2v) is 5.64. The Morgan fingerprint density at radius 3 is 2.60 bits per heavy atom. The summed E-state index contributed by atoms with van der Waals surface area (Å²) in [7, 11) is 0. The molecular weight excluding hydrogens is 208 g/mol. The van der Waals surface area contributed by atoms with Gasteiger partial charge < -0.3 is 4.74 Å². The van der Waals surface area contributed by atoms with Gasteiger partial charge in [0.25, 0.3) is 0 Å². The maximum Gasteiger partial charge on any atom is 0.307 e. The molecule has 0 spiro atoms. The Morgan fingerprint density at radius 2 is 2.07 bits per heavy atom. The van der Waals surface area contributed by atoms with Gasteiger partial charge in [0.15, 0.2) is 0 Å². The summed E-state index contributed by atoms with van der Waals surface area (Å²) in [5.41, 5.74) is 0. The number of hydrogen-bond acceptors (Lipinski definition) is 3. The van der Waals surface area contributed by atoms with Crippen molar-refractivity contribution in [2.75, 3.05) is 0 Å². The molecule has 3 heteroatoms. The third-order valence-corrected chi connectivity index (χ3v) is 4.21. The van der Waals surface area contributed by atoms with Crippen molar-refractivity contribution in [3.8, 4) is 0 Å². The Labute approximate surface area is 94.0 Å². The number of rotatable bonds is 2. The molecule has 1 saturated heterocycles. The van der Waals surface area contributed by atoms with Gasteiger partial charge in [-0.15, -0.1) is 11.8 Å². The van der Waals surface area contributed by atoms with Crippen LogP contribution in [0.2, 0.25) is 0 Å². The first-order valence-electron chi connectivity index (χ1n) is 5.04. The monoisotopic (exact) mass is 222 g/mol. The minimum atomic E-state index is -0.127. The first-order chi connectivity index (χ1) is 7.10. The van der Waals surface area contributed by atoms with Gasteiger partial charge in [0.05, 0.1) is 11.2 Å². The van der Waals surface area contributed by atoms with Crippen LogP contribution in [-0.4, -0.2) is 16.8 Å². The predicted octanol–water partition coefficient (Wildman–Crippen LogP) is 2.87. The summed E-state index contributed by atoms with van der Waals surface area (Å²) < 4.78 is 5.06. The van der Waals surface area contributed by atoms with E-state index in [9.17, 15) is 4.79 Å². The lowest BCUT2D eigenvalue weighted by Gasteiger charge is -2.24. The molecule has 1 aliphatic heterocycles. The molecule has 2 rings (SSSR count). The molecule has 0 aliphatic carbocycles. The fourth-order valence-corrected chi connectivity index (χ4v) is 2.91. The summed E-state index contributed by atoms with van der Waals surface area (Å²) in [5, 5.41) is 0. The predicted molar refractivity (Wildman–Crippen MR) is 60.9 cm³/mol. The van der Waals surface area contributed by atoms with E-state index in [1.165, 1.54) is 4.90 Å². The summed E-state index contributed by atoms with van der Waals surface area (Å²) in [6, 6.07) is 10.1. The van der Waals surface area contributed by atoms with Crippen molar-refractivity contribution in [2.45, 2.75) is 36.0 Å². The van der Waals surface area contributed by atoms with Crippen molar-refractivity contribution in [1.82, 2.24) is 0 Å². The van der Waals surface area contributed by atoms with Gasteiger partial charge >= 0.3 is 5.97 Å². The van der Waals surface area contributed by atoms with E-state index in [4.69, 9.17) is 4.74 Å². The van der Waals surface area contributed by atoms with Crippen molar-refractivity contribution in [3.05, 3.63) is 30.3 Å². The highest BCUT2D eigenvalue weighted by molar-refractivity contribution is 8.00. The Hall–Kier alpha value is -0.960. The molecule has 2 unspecified atom stereocenters. The molecule has 0 radical (unpaired) electrons. The topological polar surface area (TPSA) is 26.3 Å². The van der Waals surface area contributed by atoms with Gasteiger partial charge in [0, 0.05) is 4.90 Å². The Bertz CT molecular complexity index is 363. The number of benzene rings is 1. The highest BCUT2D eigenvalue weighted by Gasteiger charge is 2.43. The molecule has 2 nitrogen and oxygen atoms in total. The SMILES string of the molecule is CC1OC(=O)CC1(C)Sc1ccccc1. The lowest BCUT2D eigenvalue weighted by molar-refractivity contribution is -0.140. The third-order valence-electron chi connectivity index (χ3n) is 2.76. The average Bonchev–Trinajstić information content (AvgIpc) is 2.41. The summed E-state index contributed by atoms with van der Waals surface area (Å²) >= 11 is 1.72. The van der Waals surface area contributed by atoms with Gasteiger partial charge in [-0.1, -0.05) is 18.2 Å². The molecule has 1 heterocycles. The van der Waals surface area contributed by atoms with Crippen LogP contribution in [-0.2, 0) is 9.53 Å². The van der Waals surface area contributed by atoms with Gasteiger partial charge in [-0.2, -0.15) is 0 Å². The number of esters is 1. The van der Waals surface area contributed by atoms with Gasteiger partial charge in [0.1, 0.15) is 6.10 Å². The molecule has 0 amide bonds. The molecule has 1 aromatic rings. The molecule has 2 atom stereocenters. The minimum absolute atomic E-state index is 0.0183. The zero-order chi connectivity index (χ0) is 10.9. The van der Waals surface area contributed by atoms with E-state index in [1.807, 2.05) is 25.1 Å². The molecule has 1 aromatic carbocycles. The average molecular weight is 222 g/mol. The second-order valence-electron chi connectivity index (χ2n) is 4.04. The highest BCUT2D eigenvalue weighted by Crippen LogP contribution is 2.43. The molecule has 15 heavy (non-hydrogen) atoms. The first kappa shape index (κ1) is 10.6. The Morgan fingerprint density at radius 1 is 1.40 bits per heavy atom. The number of ether oxygens (including phenoxy) is 1. The lowest BCUT2D eigenvalue weighted by atomic mass is 10.0. The summed E-state index contributed by atoms with van der Waals surface area (Å²) in [4.78, 5) is 12.4. The molecule has 1 aliphatic rings. The van der Waals surface area contributed by atoms with Crippen LogP contribution in [0.3, 0.4) is 0 Å². The van der Waals surface area contributed by atoms with Crippen LogP contribution in [0.4, 0.5) is 0 Å². The molecule has 0 N–H and O–H groups in total. The van der Waals surface area contributed by atoms with Gasteiger partial charge in [-0.05, 0) is 26.0 Å². The zero-order valence-corrected chi connectivity index (χ0v) is 9.71. The van der Waals surface area contributed by atoms with E-state index in [0.717, 1.165) is 0 Å². The largest absolute Gasteiger partial charge is 0.461 e. The molecular formula is C12H14O2S. The lowest BCUT2D eigenvalue weighted by Crippen LogP contribution is -2.28. The van der Waals surface area contributed by atoms with Crippen LogP contribution in [0.25, 0.3) is 0 Å². The maximum atomic E-state index is 11.2. The van der Waals surface area contributed by atoms with Gasteiger partial charge in [-0.25, -0.2) is 0 Å². The number of carbonyl (C=O) groups excluding carboxylic acids is 1. The van der Waals surface area contributed by atoms with Gasteiger partial charge in [-0.3, -0.25) is 4.79 Å². The van der Waals surface area contributed by atoms with Crippen LogP contribution < -0.4 is 0 Å². The maximum absolute atomic E-state index is 11.2. The minimum Gasteiger partial charge on any atom is -0.461 e. The highest BCUT2D eigenvalue weighted by atomic mass is 32.2. The number of hydrogen-bond donors (Lipinski definition) is 0. The van der Waals surface area contributed by atoms with Crippen molar-refractivity contribution in [3.63, 3.8) is 0 Å².